The standard InChI is InChI=1S/C20H23NO2/c1-12-8-17-20(14-7-5-4-6-13(14)11-21-17)16-10-19(23-3)18(22-2)9-15(12)16/h4-7,9-10,12,17,20-21H,8,11H2,1-3H3/t12-,17-,20-/m1/s1. The van der Waals surface area contributed by atoms with Gasteiger partial charge in [0.2, 0.25) is 0 Å². The Bertz CT molecular complexity index is 740. The number of hydrogen-bond donors (Lipinski definition) is 1. The Kier molecular flexibility index (Phi) is 3.53. The Morgan fingerprint density at radius 3 is 2.39 bits per heavy atom. The third kappa shape index (κ3) is 2.22. The fourth-order valence-corrected chi connectivity index (χ4v) is 4.29. The van der Waals surface area contributed by atoms with Crippen molar-refractivity contribution < 1.29 is 9.47 Å². The van der Waals surface area contributed by atoms with Gasteiger partial charge in [-0.3, -0.25) is 0 Å². The van der Waals surface area contributed by atoms with E-state index < -0.39 is 0 Å². The monoisotopic (exact) mass is 309 g/mol. The molecule has 1 aliphatic heterocycles. The van der Waals surface area contributed by atoms with Crippen molar-refractivity contribution in [2.24, 2.45) is 0 Å². The molecule has 120 valence electrons. The van der Waals surface area contributed by atoms with Crippen molar-refractivity contribution in [2.75, 3.05) is 14.2 Å². The van der Waals surface area contributed by atoms with E-state index in [2.05, 4.69) is 48.6 Å². The van der Waals surface area contributed by atoms with Gasteiger partial charge in [-0.1, -0.05) is 31.2 Å². The molecule has 1 aliphatic carbocycles. The van der Waals surface area contributed by atoms with Gasteiger partial charge < -0.3 is 14.8 Å². The van der Waals surface area contributed by atoms with Gasteiger partial charge in [-0.2, -0.15) is 0 Å². The number of benzene rings is 2. The van der Waals surface area contributed by atoms with E-state index in [1.807, 2.05) is 0 Å². The molecule has 4 rings (SSSR count). The van der Waals surface area contributed by atoms with Gasteiger partial charge in [-0.05, 0) is 46.7 Å². The minimum absolute atomic E-state index is 0.394. The molecule has 0 saturated carbocycles. The second-order valence-corrected chi connectivity index (χ2v) is 6.64. The molecule has 0 fully saturated rings. The number of nitrogens with one attached hydrogen (secondary N) is 1. The molecule has 2 aliphatic rings. The van der Waals surface area contributed by atoms with Crippen molar-refractivity contribution >= 4 is 0 Å². The average molecular weight is 309 g/mol. The second kappa shape index (κ2) is 5.57. The lowest BCUT2D eigenvalue weighted by Gasteiger charge is -2.42. The molecule has 1 N–H and O–H groups in total. The fourth-order valence-electron chi connectivity index (χ4n) is 4.29. The van der Waals surface area contributed by atoms with Gasteiger partial charge in [0.25, 0.3) is 0 Å². The third-order valence-corrected chi connectivity index (χ3v) is 5.41. The van der Waals surface area contributed by atoms with Crippen molar-refractivity contribution in [1.29, 1.82) is 0 Å². The highest BCUT2D eigenvalue weighted by atomic mass is 16.5. The highest BCUT2D eigenvalue weighted by molar-refractivity contribution is 5.55. The van der Waals surface area contributed by atoms with E-state index in [0.29, 0.717) is 17.9 Å². The van der Waals surface area contributed by atoms with Crippen LogP contribution in [0.5, 0.6) is 11.5 Å². The summed E-state index contributed by atoms with van der Waals surface area (Å²) in [5, 5.41) is 3.74. The third-order valence-electron chi connectivity index (χ3n) is 5.41. The van der Waals surface area contributed by atoms with Crippen LogP contribution in [0.3, 0.4) is 0 Å². The molecular formula is C20H23NO2. The molecule has 2 aromatic carbocycles. The van der Waals surface area contributed by atoms with Crippen LogP contribution in [-0.4, -0.2) is 20.3 Å². The SMILES string of the molecule is COc1cc2c(cc1OC)[C@H](C)C[C@H]1NCc3ccccc3[C@H]21. The van der Waals surface area contributed by atoms with Crippen LogP contribution in [0.25, 0.3) is 0 Å². The highest BCUT2D eigenvalue weighted by Gasteiger charge is 2.38. The van der Waals surface area contributed by atoms with Crippen LogP contribution < -0.4 is 14.8 Å². The molecule has 3 nitrogen and oxygen atoms in total. The van der Waals surface area contributed by atoms with E-state index in [9.17, 15) is 0 Å². The quantitative estimate of drug-likeness (QED) is 0.915. The first-order valence-corrected chi connectivity index (χ1v) is 8.30. The second-order valence-electron chi connectivity index (χ2n) is 6.64. The molecule has 0 spiro atoms. The van der Waals surface area contributed by atoms with Crippen LogP contribution >= 0.6 is 0 Å². The van der Waals surface area contributed by atoms with E-state index in [0.717, 1.165) is 24.5 Å². The van der Waals surface area contributed by atoms with E-state index in [1.54, 1.807) is 14.2 Å². The fraction of sp³-hybridized carbons (Fsp3) is 0.400. The van der Waals surface area contributed by atoms with Crippen LogP contribution in [0.2, 0.25) is 0 Å². The van der Waals surface area contributed by atoms with E-state index in [4.69, 9.17) is 9.47 Å². The summed E-state index contributed by atoms with van der Waals surface area (Å²) in [4.78, 5) is 0. The van der Waals surface area contributed by atoms with Crippen LogP contribution in [0.4, 0.5) is 0 Å². The smallest absolute Gasteiger partial charge is 0.161 e. The summed E-state index contributed by atoms with van der Waals surface area (Å²) in [6, 6.07) is 13.6. The minimum atomic E-state index is 0.394. The molecular weight excluding hydrogens is 286 g/mol. The Labute approximate surface area is 137 Å². The van der Waals surface area contributed by atoms with Crippen molar-refractivity contribution in [3.05, 3.63) is 58.7 Å². The van der Waals surface area contributed by atoms with Crippen LogP contribution in [0, 0.1) is 0 Å². The van der Waals surface area contributed by atoms with Gasteiger partial charge in [-0.25, -0.2) is 0 Å². The summed E-state index contributed by atoms with van der Waals surface area (Å²) in [6.45, 7) is 3.27. The van der Waals surface area contributed by atoms with Gasteiger partial charge in [0.1, 0.15) is 0 Å². The first-order chi connectivity index (χ1) is 11.2. The Balaban J connectivity index is 1.92. The zero-order chi connectivity index (χ0) is 16.0. The van der Waals surface area contributed by atoms with Gasteiger partial charge in [-0.15, -0.1) is 0 Å². The number of methoxy groups -OCH3 is 2. The molecule has 0 saturated heterocycles. The molecule has 0 radical (unpaired) electrons. The number of fused-ring (bicyclic) bond motifs is 5. The highest BCUT2D eigenvalue weighted by Crippen LogP contribution is 2.48. The molecule has 1 heterocycles. The number of ether oxygens (including phenoxy) is 2. The summed E-state index contributed by atoms with van der Waals surface area (Å²) < 4.78 is 11.1. The first kappa shape index (κ1) is 14.6. The maximum atomic E-state index is 5.56. The lowest BCUT2D eigenvalue weighted by molar-refractivity contribution is 0.342. The van der Waals surface area contributed by atoms with Crippen molar-refractivity contribution in [1.82, 2.24) is 5.32 Å². The Morgan fingerprint density at radius 2 is 1.65 bits per heavy atom. The molecule has 0 bridgehead atoms. The minimum Gasteiger partial charge on any atom is -0.493 e. The Morgan fingerprint density at radius 1 is 0.957 bits per heavy atom. The molecule has 2 aromatic rings. The van der Waals surface area contributed by atoms with Crippen LogP contribution in [0.15, 0.2) is 36.4 Å². The van der Waals surface area contributed by atoms with Crippen molar-refractivity contribution in [3.63, 3.8) is 0 Å². The van der Waals surface area contributed by atoms with Gasteiger partial charge >= 0.3 is 0 Å². The Hall–Kier alpha value is -2.00. The first-order valence-electron chi connectivity index (χ1n) is 8.30. The van der Waals surface area contributed by atoms with Gasteiger partial charge in [0.05, 0.1) is 14.2 Å². The van der Waals surface area contributed by atoms with E-state index in [-0.39, 0.29) is 0 Å². The van der Waals surface area contributed by atoms with Crippen LogP contribution in [-0.2, 0) is 6.54 Å². The molecule has 23 heavy (non-hydrogen) atoms. The maximum absolute atomic E-state index is 5.56. The van der Waals surface area contributed by atoms with Crippen molar-refractivity contribution in [3.8, 4) is 11.5 Å². The van der Waals surface area contributed by atoms with Crippen molar-refractivity contribution in [2.45, 2.75) is 37.8 Å². The zero-order valence-corrected chi connectivity index (χ0v) is 13.9. The van der Waals surface area contributed by atoms with Gasteiger partial charge in [0, 0.05) is 18.5 Å². The lowest BCUT2D eigenvalue weighted by atomic mass is 9.69. The van der Waals surface area contributed by atoms with E-state index in [1.165, 1.54) is 22.3 Å². The predicted octanol–water partition coefficient (Wildman–Crippen LogP) is 3.81. The number of hydrogen-bond acceptors (Lipinski definition) is 3. The summed E-state index contributed by atoms with van der Waals surface area (Å²) in [5.41, 5.74) is 5.63. The largest absolute Gasteiger partial charge is 0.493 e. The van der Waals surface area contributed by atoms with Gasteiger partial charge in [0.15, 0.2) is 11.5 Å². The average Bonchev–Trinajstić information content (AvgIpc) is 2.60. The number of rotatable bonds is 2. The molecule has 0 amide bonds. The van der Waals surface area contributed by atoms with E-state index >= 15 is 0 Å². The molecule has 3 atom stereocenters. The zero-order valence-electron chi connectivity index (χ0n) is 13.9. The topological polar surface area (TPSA) is 30.5 Å². The molecule has 0 aromatic heterocycles. The lowest BCUT2D eigenvalue weighted by Crippen LogP contribution is -2.43. The normalized spacial score (nSPS) is 25.1. The molecule has 3 heteroatoms. The summed E-state index contributed by atoms with van der Waals surface area (Å²) in [6.07, 6.45) is 1.15. The predicted molar refractivity (Wildman–Crippen MR) is 91.5 cm³/mol. The van der Waals surface area contributed by atoms with Crippen LogP contribution in [0.1, 0.15) is 47.4 Å². The molecule has 0 unspecified atom stereocenters. The summed E-state index contributed by atoms with van der Waals surface area (Å²) in [5.74, 6) is 2.56. The summed E-state index contributed by atoms with van der Waals surface area (Å²) >= 11 is 0. The maximum Gasteiger partial charge on any atom is 0.161 e. The summed E-state index contributed by atoms with van der Waals surface area (Å²) in [7, 11) is 3.42.